The molecule has 0 saturated carbocycles. The lowest BCUT2D eigenvalue weighted by Gasteiger charge is -2.26. The second-order valence-electron chi connectivity index (χ2n) is 4.49. The van der Waals surface area contributed by atoms with Crippen molar-refractivity contribution in [3.63, 3.8) is 0 Å². The largest absolute Gasteiger partial charge is 0.384 e. The second-order valence-corrected chi connectivity index (χ2v) is 4.49. The number of amides is 1. The van der Waals surface area contributed by atoms with E-state index in [2.05, 4.69) is 16.3 Å². The third-order valence-corrected chi connectivity index (χ3v) is 3.40. The SMILES string of the molecule is CN1C(=O)CCc2cc(-c3cn[nH]c3N)ccc21. The zero-order chi connectivity index (χ0) is 12.7. The van der Waals surface area contributed by atoms with Crippen LogP contribution in [-0.2, 0) is 11.2 Å². The van der Waals surface area contributed by atoms with Crippen molar-refractivity contribution in [2.75, 3.05) is 17.7 Å². The van der Waals surface area contributed by atoms with Gasteiger partial charge < -0.3 is 10.6 Å². The molecule has 1 aromatic heterocycles. The molecule has 0 saturated heterocycles. The first kappa shape index (κ1) is 10.8. The van der Waals surface area contributed by atoms with Gasteiger partial charge in [0.05, 0.1) is 6.20 Å². The van der Waals surface area contributed by atoms with Crippen molar-refractivity contribution >= 4 is 17.4 Å². The summed E-state index contributed by atoms with van der Waals surface area (Å²) < 4.78 is 0. The van der Waals surface area contributed by atoms with Crippen LogP contribution in [0.25, 0.3) is 11.1 Å². The highest BCUT2D eigenvalue weighted by atomic mass is 16.2. The molecule has 1 aromatic carbocycles. The number of nitrogens with two attached hydrogens (primary N) is 1. The number of nitrogen functional groups attached to an aromatic ring is 1. The number of fused-ring (bicyclic) bond motifs is 1. The Morgan fingerprint density at radius 2 is 2.22 bits per heavy atom. The van der Waals surface area contributed by atoms with E-state index < -0.39 is 0 Å². The van der Waals surface area contributed by atoms with Gasteiger partial charge in [0, 0.05) is 24.7 Å². The van der Waals surface area contributed by atoms with Gasteiger partial charge in [-0.3, -0.25) is 9.89 Å². The summed E-state index contributed by atoms with van der Waals surface area (Å²) >= 11 is 0. The Hall–Kier alpha value is -2.30. The Labute approximate surface area is 105 Å². The van der Waals surface area contributed by atoms with Gasteiger partial charge in [-0.15, -0.1) is 0 Å². The number of aryl methyl sites for hydroxylation is 1. The highest BCUT2D eigenvalue weighted by molar-refractivity contribution is 5.96. The minimum atomic E-state index is 0.165. The lowest BCUT2D eigenvalue weighted by molar-refractivity contribution is -0.118. The van der Waals surface area contributed by atoms with Gasteiger partial charge in [-0.2, -0.15) is 5.10 Å². The molecular weight excluding hydrogens is 228 g/mol. The van der Waals surface area contributed by atoms with Crippen LogP contribution in [0.15, 0.2) is 24.4 Å². The molecule has 0 radical (unpaired) electrons. The molecule has 1 amide bonds. The molecule has 0 aliphatic carbocycles. The van der Waals surface area contributed by atoms with Crippen LogP contribution in [0, 0.1) is 0 Å². The number of H-pyrrole nitrogens is 1. The summed E-state index contributed by atoms with van der Waals surface area (Å²) in [6.07, 6.45) is 3.06. The van der Waals surface area contributed by atoms with Gasteiger partial charge in [-0.25, -0.2) is 0 Å². The number of nitrogens with zero attached hydrogens (tertiary/aromatic N) is 2. The van der Waals surface area contributed by atoms with E-state index in [-0.39, 0.29) is 5.91 Å². The Kier molecular flexibility index (Phi) is 2.33. The molecule has 0 spiro atoms. The van der Waals surface area contributed by atoms with E-state index in [4.69, 9.17) is 5.73 Å². The first-order chi connectivity index (χ1) is 8.66. The molecule has 92 valence electrons. The van der Waals surface area contributed by atoms with E-state index in [9.17, 15) is 4.79 Å². The molecule has 18 heavy (non-hydrogen) atoms. The summed E-state index contributed by atoms with van der Waals surface area (Å²) in [7, 11) is 1.81. The standard InChI is InChI=1S/C13H14N4O/c1-17-11-4-2-8(10-7-15-16-13(10)14)6-9(11)3-5-12(17)18/h2,4,6-7H,3,5H2,1H3,(H3,14,15,16). The molecule has 3 rings (SSSR count). The van der Waals surface area contributed by atoms with Crippen molar-refractivity contribution in [2.24, 2.45) is 0 Å². The summed E-state index contributed by atoms with van der Waals surface area (Å²) in [6.45, 7) is 0. The molecular formula is C13H14N4O. The van der Waals surface area contributed by atoms with Gasteiger partial charge in [0.25, 0.3) is 0 Å². The van der Waals surface area contributed by atoms with Crippen LogP contribution >= 0.6 is 0 Å². The first-order valence-corrected chi connectivity index (χ1v) is 5.85. The summed E-state index contributed by atoms with van der Waals surface area (Å²) in [4.78, 5) is 13.3. The van der Waals surface area contributed by atoms with Gasteiger partial charge in [0.1, 0.15) is 5.82 Å². The number of aromatic nitrogens is 2. The summed E-state index contributed by atoms with van der Waals surface area (Å²) in [5.41, 5.74) is 9.91. The van der Waals surface area contributed by atoms with Crippen molar-refractivity contribution in [1.82, 2.24) is 10.2 Å². The third-order valence-electron chi connectivity index (χ3n) is 3.40. The van der Waals surface area contributed by atoms with Crippen molar-refractivity contribution in [3.05, 3.63) is 30.0 Å². The number of aromatic amines is 1. The quantitative estimate of drug-likeness (QED) is 0.797. The van der Waals surface area contributed by atoms with Crippen molar-refractivity contribution in [2.45, 2.75) is 12.8 Å². The van der Waals surface area contributed by atoms with E-state index in [1.807, 2.05) is 19.2 Å². The maximum absolute atomic E-state index is 11.6. The topological polar surface area (TPSA) is 75.0 Å². The Morgan fingerprint density at radius 1 is 1.39 bits per heavy atom. The molecule has 0 atom stereocenters. The lowest BCUT2D eigenvalue weighted by Crippen LogP contribution is -2.30. The van der Waals surface area contributed by atoms with Gasteiger partial charge in [-0.05, 0) is 29.7 Å². The van der Waals surface area contributed by atoms with E-state index in [1.54, 1.807) is 11.1 Å². The van der Waals surface area contributed by atoms with Crippen LogP contribution in [-0.4, -0.2) is 23.2 Å². The molecule has 5 heteroatoms. The first-order valence-electron chi connectivity index (χ1n) is 5.85. The number of carbonyl (C=O) groups excluding carboxylic acids is 1. The van der Waals surface area contributed by atoms with E-state index in [1.165, 1.54) is 5.56 Å². The predicted octanol–water partition coefficient (Wildman–Crippen LogP) is 1.57. The van der Waals surface area contributed by atoms with Crippen molar-refractivity contribution in [1.29, 1.82) is 0 Å². The molecule has 2 heterocycles. The highest BCUT2D eigenvalue weighted by Gasteiger charge is 2.21. The summed E-state index contributed by atoms with van der Waals surface area (Å²) in [5.74, 6) is 0.730. The van der Waals surface area contributed by atoms with Crippen molar-refractivity contribution in [3.8, 4) is 11.1 Å². The van der Waals surface area contributed by atoms with Gasteiger partial charge >= 0.3 is 0 Å². The molecule has 3 N–H and O–H groups in total. The van der Waals surface area contributed by atoms with Crippen molar-refractivity contribution < 1.29 is 4.79 Å². The summed E-state index contributed by atoms with van der Waals surface area (Å²) in [6, 6.07) is 6.02. The smallest absolute Gasteiger partial charge is 0.227 e. The Bertz CT molecular complexity index is 617. The van der Waals surface area contributed by atoms with Crippen LogP contribution in [0.5, 0.6) is 0 Å². The molecule has 1 aliphatic heterocycles. The fraction of sp³-hybridized carbons (Fsp3) is 0.231. The Morgan fingerprint density at radius 3 is 2.94 bits per heavy atom. The molecule has 1 aliphatic rings. The minimum Gasteiger partial charge on any atom is -0.384 e. The maximum Gasteiger partial charge on any atom is 0.227 e. The monoisotopic (exact) mass is 242 g/mol. The summed E-state index contributed by atoms with van der Waals surface area (Å²) in [5, 5.41) is 6.65. The third kappa shape index (κ3) is 1.55. The number of hydrogen-bond acceptors (Lipinski definition) is 3. The molecule has 2 aromatic rings. The van der Waals surface area contributed by atoms with E-state index >= 15 is 0 Å². The number of benzene rings is 1. The number of carbonyl (C=O) groups is 1. The maximum atomic E-state index is 11.6. The number of nitrogens with one attached hydrogen (secondary N) is 1. The van der Waals surface area contributed by atoms with Gasteiger partial charge in [0.2, 0.25) is 5.91 Å². The van der Waals surface area contributed by atoms with Crippen LogP contribution in [0.2, 0.25) is 0 Å². The average molecular weight is 242 g/mol. The number of anilines is 2. The van der Waals surface area contributed by atoms with Crippen LogP contribution in [0.3, 0.4) is 0 Å². The fourth-order valence-corrected chi connectivity index (χ4v) is 2.35. The fourth-order valence-electron chi connectivity index (χ4n) is 2.35. The lowest BCUT2D eigenvalue weighted by atomic mass is 9.97. The average Bonchev–Trinajstić information content (AvgIpc) is 2.80. The zero-order valence-electron chi connectivity index (χ0n) is 10.1. The van der Waals surface area contributed by atoms with Crippen LogP contribution < -0.4 is 10.6 Å². The molecule has 0 fully saturated rings. The molecule has 5 nitrogen and oxygen atoms in total. The van der Waals surface area contributed by atoms with Crippen LogP contribution in [0.1, 0.15) is 12.0 Å². The predicted molar refractivity (Wildman–Crippen MR) is 70.2 cm³/mol. The minimum absolute atomic E-state index is 0.165. The molecule has 0 bridgehead atoms. The normalized spacial score (nSPS) is 14.7. The van der Waals surface area contributed by atoms with E-state index in [0.29, 0.717) is 12.2 Å². The zero-order valence-corrected chi connectivity index (χ0v) is 10.1. The molecule has 0 unspecified atom stereocenters. The Balaban J connectivity index is 2.07. The van der Waals surface area contributed by atoms with E-state index in [0.717, 1.165) is 23.2 Å². The second kappa shape index (κ2) is 3.87. The highest BCUT2D eigenvalue weighted by Crippen LogP contribution is 2.32. The number of hydrogen-bond donors (Lipinski definition) is 2. The van der Waals surface area contributed by atoms with Gasteiger partial charge in [0.15, 0.2) is 0 Å². The van der Waals surface area contributed by atoms with Gasteiger partial charge in [-0.1, -0.05) is 6.07 Å². The number of rotatable bonds is 1. The van der Waals surface area contributed by atoms with Crippen LogP contribution in [0.4, 0.5) is 11.5 Å².